The van der Waals surface area contributed by atoms with Crippen LogP contribution in [0.25, 0.3) is 0 Å². The summed E-state index contributed by atoms with van der Waals surface area (Å²) in [6, 6.07) is 5.31. The van der Waals surface area contributed by atoms with E-state index >= 15 is 0 Å². The van der Waals surface area contributed by atoms with E-state index in [0.717, 1.165) is 43.3 Å². The molecular formula is C25H36N6O2. The highest BCUT2D eigenvalue weighted by atomic mass is 16.2. The molecule has 1 saturated carbocycles. The molecule has 2 fully saturated rings. The number of piperidine rings is 1. The van der Waals surface area contributed by atoms with Crippen molar-refractivity contribution in [3.8, 4) is 0 Å². The second-order valence-electron chi connectivity index (χ2n) is 9.61. The van der Waals surface area contributed by atoms with E-state index in [1.807, 2.05) is 31.1 Å². The molecule has 2 atom stereocenters. The molecule has 0 radical (unpaired) electrons. The van der Waals surface area contributed by atoms with Crippen molar-refractivity contribution in [2.75, 3.05) is 48.8 Å². The first-order chi connectivity index (χ1) is 15.9. The summed E-state index contributed by atoms with van der Waals surface area (Å²) in [5, 5.41) is 6.60. The minimum atomic E-state index is -0.632. The second kappa shape index (κ2) is 10.4. The Bertz CT molecular complexity index is 1020. The SMILES string of the molecule is CC(C(=O)Nc1cncc(N(C)C)c1)n1ccc(N2CCC[C@@H](NCC3CCC3)C2)cc1=O. The van der Waals surface area contributed by atoms with Crippen LogP contribution < -0.4 is 26.0 Å². The fourth-order valence-corrected chi connectivity index (χ4v) is 4.52. The van der Waals surface area contributed by atoms with Gasteiger partial charge in [-0.05, 0) is 57.2 Å². The molecule has 2 aliphatic rings. The van der Waals surface area contributed by atoms with Gasteiger partial charge in [0, 0.05) is 51.2 Å². The van der Waals surface area contributed by atoms with Gasteiger partial charge in [-0.1, -0.05) is 6.42 Å². The summed E-state index contributed by atoms with van der Waals surface area (Å²) in [7, 11) is 3.84. The van der Waals surface area contributed by atoms with Gasteiger partial charge in [0.25, 0.3) is 5.56 Å². The number of nitrogens with zero attached hydrogens (tertiary/aromatic N) is 4. The Kier molecular flexibility index (Phi) is 7.33. The molecule has 178 valence electrons. The van der Waals surface area contributed by atoms with E-state index < -0.39 is 6.04 Å². The lowest BCUT2D eigenvalue weighted by Crippen LogP contribution is -2.47. The van der Waals surface area contributed by atoms with Gasteiger partial charge in [-0.2, -0.15) is 0 Å². The highest BCUT2D eigenvalue weighted by molar-refractivity contribution is 5.93. The van der Waals surface area contributed by atoms with Crippen molar-refractivity contribution >= 4 is 23.0 Å². The zero-order chi connectivity index (χ0) is 23.4. The first kappa shape index (κ1) is 23.3. The Morgan fingerprint density at radius 2 is 2.03 bits per heavy atom. The summed E-state index contributed by atoms with van der Waals surface area (Å²) in [6.07, 6.45) is 11.4. The lowest BCUT2D eigenvalue weighted by Gasteiger charge is -2.36. The minimum Gasteiger partial charge on any atom is -0.376 e. The van der Waals surface area contributed by atoms with Crippen LogP contribution in [0.4, 0.5) is 17.1 Å². The summed E-state index contributed by atoms with van der Waals surface area (Å²) < 4.78 is 1.48. The van der Waals surface area contributed by atoms with Gasteiger partial charge in [-0.15, -0.1) is 0 Å². The number of nitrogens with one attached hydrogen (secondary N) is 2. The van der Waals surface area contributed by atoms with E-state index in [-0.39, 0.29) is 11.5 Å². The lowest BCUT2D eigenvalue weighted by molar-refractivity contribution is -0.118. The molecule has 1 aliphatic carbocycles. The molecule has 0 spiro atoms. The van der Waals surface area contributed by atoms with Crippen molar-refractivity contribution in [1.82, 2.24) is 14.9 Å². The predicted octanol–water partition coefficient (Wildman–Crippen LogP) is 2.87. The summed E-state index contributed by atoms with van der Waals surface area (Å²) in [4.78, 5) is 34.1. The number of carbonyl (C=O) groups is 1. The Balaban J connectivity index is 1.38. The molecule has 1 aliphatic heterocycles. The largest absolute Gasteiger partial charge is 0.376 e. The van der Waals surface area contributed by atoms with E-state index in [1.54, 1.807) is 31.6 Å². The molecule has 3 heterocycles. The zero-order valence-corrected chi connectivity index (χ0v) is 20.0. The maximum atomic E-state index is 12.9. The molecule has 4 rings (SSSR count). The lowest BCUT2D eigenvalue weighted by atomic mass is 9.85. The minimum absolute atomic E-state index is 0.167. The first-order valence-electron chi connectivity index (χ1n) is 12.0. The Labute approximate surface area is 196 Å². The standard InChI is InChI=1S/C25H36N6O2/c1-18(25(33)28-21-12-23(29(2)3)16-26-15-21)31-11-9-22(13-24(31)32)30-10-5-8-20(17-30)27-14-19-6-4-7-19/h9,11-13,15-16,18-20,27H,4-8,10,14,17H2,1-3H3,(H,28,33)/t18?,20-/m1/s1. The van der Waals surface area contributed by atoms with Crippen LogP contribution in [-0.2, 0) is 4.79 Å². The van der Waals surface area contributed by atoms with Crippen LogP contribution in [0, 0.1) is 5.92 Å². The molecule has 1 unspecified atom stereocenters. The van der Waals surface area contributed by atoms with Gasteiger partial charge in [0.1, 0.15) is 6.04 Å². The highest BCUT2D eigenvalue weighted by Crippen LogP contribution is 2.26. The third-order valence-electron chi connectivity index (χ3n) is 6.94. The number of carbonyl (C=O) groups excluding carboxylic acids is 1. The van der Waals surface area contributed by atoms with Crippen LogP contribution in [0.2, 0.25) is 0 Å². The van der Waals surface area contributed by atoms with Gasteiger partial charge in [0.05, 0.1) is 23.8 Å². The smallest absolute Gasteiger partial charge is 0.253 e. The Morgan fingerprint density at radius 3 is 2.73 bits per heavy atom. The van der Waals surface area contributed by atoms with Crippen molar-refractivity contribution < 1.29 is 4.79 Å². The second-order valence-corrected chi connectivity index (χ2v) is 9.61. The number of amides is 1. The van der Waals surface area contributed by atoms with E-state index in [0.29, 0.717) is 11.7 Å². The quantitative estimate of drug-likeness (QED) is 0.641. The van der Waals surface area contributed by atoms with Gasteiger partial charge in [-0.25, -0.2) is 0 Å². The number of rotatable bonds is 8. The van der Waals surface area contributed by atoms with E-state index in [2.05, 4.69) is 20.5 Å². The van der Waals surface area contributed by atoms with Crippen LogP contribution in [0.1, 0.15) is 45.1 Å². The number of aromatic nitrogens is 2. The normalized spacial score (nSPS) is 19.6. The molecule has 2 aromatic heterocycles. The van der Waals surface area contributed by atoms with Gasteiger partial charge in [-0.3, -0.25) is 14.6 Å². The van der Waals surface area contributed by atoms with Crippen molar-refractivity contribution in [3.05, 3.63) is 47.1 Å². The van der Waals surface area contributed by atoms with E-state index in [9.17, 15) is 9.59 Å². The number of hydrogen-bond acceptors (Lipinski definition) is 6. The van der Waals surface area contributed by atoms with Crippen LogP contribution in [0.15, 0.2) is 41.6 Å². The molecule has 1 amide bonds. The van der Waals surface area contributed by atoms with Crippen LogP contribution >= 0.6 is 0 Å². The number of pyridine rings is 2. The summed E-state index contributed by atoms with van der Waals surface area (Å²) in [5.74, 6) is 0.596. The van der Waals surface area contributed by atoms with Crippen LogP contribution in [-0.4, -0.2) is 55.2 Å². The average molecular weight is 453 g/mol. The molecule has 1 saturated heterocycles. The number of anilines is 3. The number of hydrogen-bond donors (Lipinski definition) is 2. The molecule has 8 nitrogen and oxygen atoms in total. The first-order valence-corrected chi connectivity index (χ1v) is 12.0. The molecule has 2 aromatic rings. The Hall–Kier alpha value is -2.87. The molecule has 33 heavy (non-hydrogen) atoms. The third kappa shape index (κ3) is 5.74. The molecular weight excluding hydrogens is 416 g/mol. The van der Waals surface area contributed by atoms with Crippen molar-refractivity contribution in [2.24, 2.45) is 5.92 Å². The van der Waals surface area contributed by atoms with Crippen molar-refractivity contribution in [2.45, 2.75) is 51.1 Å². The summed E-state index contributed by atoms with van der Waals surface area (Å²) in [5.41, 5.74) is 2.27. The predicted molar refractivity (Wildman–Crippen MR) is 133 cm³/mol. The van der Waals surface area contributed by atoms with Gasteiger partial charge >= 0.3 is 0 Å². The van der Waals surface area contributed by atoms with Gasteiger partial charge < -0.3 is 25.0 Å². The molecule has 8 heteroatoms. The van der Waals surface area contributed by atoms with Crippen molar-refractivity contribution in [1.29, 1.82) is 0 Å². The van der Waals surface area contributed by atoms with Crippen LogP contribution in [0.3, 0.4) is 0 Å². The maximum Gasteiger partial charge on any atom is 0.253 e. The van der Waals surface area contributed by atoms with Crippen LogP contribution in [0.5, 0.6) is 0 Å². The summed E-state index contributed by atoms with van der Waals surface area (Å²) >= 11 is 0. The third-order valence-corrected chi connectivity index (χ3v) is 6.94. The van der Waals surface area contributed by atoms with Gasteiger partial charge in [0.2, 0.25) is 5.91 Å². The van der Waals surface area contributed by atoms with E-state index in [4.69, 9.17) is 0 Å². The maximum absolute atomic E-state index is 12.9. The molecule has 0 bridgehead atoms. The Morgan fingerprint density at radius 1 is 1.21 bits per heavy atom. The monoisotopic (exact) mass is 452 g/mol. The topological polar surface area (TPSA) is 82.5 Å². The van der Waals surface area contributed by atoms with Crippen molar-refractivity contribution in [3.63, 3.8) is 0 Å². The average Bonchev–Trinajstić information content (AvgIpc) is 2.78. The zero-order valence-electron chi connectivity index (χ0n) is 20.0. The fraction of sp³-hybridized carbons (Fsp3) is 0.560. The fourth-order valence-electron chi connectivity index (χ4n) is 4.52. The molecule has 2 N–H and O–H groups in total. The van der Waals surface area contributed by atoms with E-state index in [1.165, 1.54) is 30.3 Å². The summed E-state index contributed by atoms with van der Waals surface area (Å²) in [6.45, 7) is 4.72. The molecule has 0 aromatic carbocycles. The van der Waals surface area contributed by atoms with Gasteiger partial charge in [0.15, 0.2) is 0 Å². The highest BCUT2D eigenvalue weighted by Gasteiger charge is 2.24.